The predicted octanol–water partition coefficient (Wildman–Crippen LogP) is 3.78. The summed E-state index contributed by atoms with van der Waals surface area (Å²) in [4.78, 5) is 23.6. The minimum atomic E-state index is -3.90. The van der Waals surface area contributed by atoms with Crippen LogP contribution in [0.15, 0.2) is 29.2 Å². The topological polar surface area (TPSA) is 96.0 Å². The molecule has 0 aliphatic heterocycles. The number of esters is 2. The van der Waals surface area contributed by atoms with Crippen LogP contribution in [0, 0.1) is 12.8 Å². The van der Waals surface area contributed by atoms with Crippen molar-refractivity contribution < 1.29 is 31.7 Å². The summed E-state index contributed by atoms with van der Waals surface area (Å²) in [5.41, 5.74) is 0.946. The Morgan fingerprint density at radius 3 is 2.28 bits per heavy atom. The van der Waals surface area contributed by atoms with Crippen molar-refractivity contribution in [2.45, 2.75) is 70.8 Å². The number of unbranched alkanes of at least 4 members (excludes halogenated alkanes) is 2. The zero-order chi connectivity index (χ0) is 21.9. The van der Waals surface area contributed by atoms with Crippen LogP contribution < -0.4 is 0 Å². The first-order valence-electron chi connectivity index (χ1n) is 10.0. The highest BCUT2D eigenvalue weighted by molar-refractivity contribution is 7.86. The molecule has 0 bridgehead atoms. The van der Waals surface area contributed by atoms with Crippen molar-refractivity contribution in [2.24, 2.45) is 5.92 Å². The largest absolute Gasteiger partial charge is 0.466 e. The van der Waals surface area contributed by atoms with Crippen molar-refractivity contribution >= 4 is 22.1 Å². The Hall–Kier alpha value is -1.93. The maximum atomic E-state index is 12.4. The van der Waals surface area contributed by atoms with Gasteiger partial charge in [-0.25, -0.2) is 0 Å². The van der Waals surface area contributed by atoms with Crippen LogP contribution >= 0.6 is 0 Å². The van der Waals surface area contributed by atoms with Gasteiger partial charge in [0.1, 0.15) is 12.5 Å². The van der Waals surface area contributed by atoms with E-state index in [4.69, 9.17) is 13.7 Å². The quantitative estimate of drug-likeness (QED) is 0.204. The SMILES string of the molecule is CCCCC[C@H](OC(=O)CC(=O)OCC)[C@@H](C)COS(=O)(=O)c1ccc(C)cc1. The fourth-order valence-corrected chi connectivity index (χ4v) is 3.67. The number of hydrogen-bond donors (Lipinski definition) is 0. The van der Waals surface area contributed by atoms with E-state index in [1.807, 2.05) is 6.92 Å². The first kappa shape index (κ1) is 25.1. The molecule has 29 heavy (non-hydrogen) atoms. The minimum Gasteiger partial charge on any atom is -0.466 e. The highest BCUT2D eigenvalue weighted by Gasteiger charge is 2.26. The molecule has 0 saturated carbocycles. The first-order valence-corrected chi connectivity index (χ1v) is 11.4. The Bertz CT molecular complexity index is 741. The lowest BCUT2D eigenvalue weighted by atomic mass is 9.99. The van der Waals surface area contributed by atoms with Crippen LogP contribution in [-0.4, -0.2) is 39.7 Å². The lowest BCUT2D eigenvalue weighted by Crippen LogP contribution is -2.30. The van der Waals surface area contributed by atoms with Gasteiger partial charge in [0.2, 0.25) is 0 Å². The molecular formula is C21H32O7S. The van der Waals surface area contributed by atoms with E-state index < -0.39 is 34.6 Å². The lowest BCUT2D eigenvalue weighted by molar-refractivity contribution is -0.159. The van der Waals surface area contributed by atoms with Crippen molar-refractivity contribution in [2.75, 3.05) is 13.2 Å². The summed E-state index contributed by atoms with van der Waals surface area (Å²) in [6, 6.07) is 6.38. The van der Waals surface area contributed by atoms with Crippen LogP contribution in [0.4, 0.5) is 0 Å². The molecule has 8 heteroatoms. The van der Waals surface area contributed by atoms with Crippen molar-refractivity contribution in [3.63, 3.8) is 0 Å². The van der Waals surface area contributed by atoms with Crippen LogP contribution in [0.3, 0.4) is 0 Å². The van der Waals surface area contributed by atoms with Crippen LogP contribution in [0.2, 0.25) is 0 Å². The van der Waals surface area contributed by atoms with E-state index in [1.54, 1.807) is 26.0 Å². The van der Waals surface area contributed by atoms with Gasteiger partial charge in [-0.05, 0) is 38.8 Å². The number of carbonyl (C=O) groups excluding carboxylic acids is 2. The molecule has 1 aromatic rings. The maximum absolute atomic E-state index is 12.4. The number of benzene rings is 1. The second-order valence-electron chi connectivity index (χ2n) is 7.03. The number of hydrogen-bond acceptors (Lipinski definition) is 7. The monoisotopic (exact) mass is 428 g/mol. The van der Waals surface area contributed by atoms with Gasteiger partial charge in [-0.3, -0.25) is 13.8 Å². The Morgan fingerprint density at radius 1 is 1.03 bits per heavy atom. The Kier molecular flexibility index (Phi) is 10.9. The smallest absolute Gasteiger partial charge is 0.317 e. The standard InChI is InChI=1S/C21H32O7S/c1-5-7-8-9-19(28-21(23)14-20(22)26-6-2)17(4)15-27-29(24,25)18-12-10-16(3)11-13-18/h10-13,17,19H,5-9,14-15H2,1-4H3/t17-,19-/m0/s1. The molecule has 0 heterocycles. The second-order valence-corrected chi connectivity index (χ2v) is 8.65. The minimum absolute atomic E-state index is 0.0807. The van der Waals surface area contributed by atoms with Crippen molar-refractivity contribution in [3.05, 3.63) is 29.8 Å². The van der Waals surface area contributed by atoms with E-state index in [9.17, 15) is 18.0 Å². The van der Waals surface area contributed by atoms with Crippen molar-refractivity contribution in [1.29, 1.82) is 0 Å². The zero-order valence-corrected chi connectivity index (χ0v) is 18.5. The van der Waals surface area contributed by atoms with E-state index in [-0.39, 0.29) is 24.0 Å². The molecule has 164 valence electrons. The Morgan fingerprint density at radius 2 is 1.69 bits per heavy atom. The highest BCUT2D eigenvalue weighted by atomic mass is 32.2. The third-order valence-corrected chi connectivity index (χ3v) is 5.70. The van der Waals surface area contributed by atoms with E-state index in [2.05, 4.69) is 6.92 Å². The summed E-state index contributed by atoms with van der Waals surface area (Å²) >= 11 is 0. The number of ether oxygens (including phenoxy) is 2. The van der Waals surface area contributed by atoms with Gasteiger partial charge < -0.3 is 9.47 Å². The molecule has 0 aliphatic carbocycles. The summed E-state index contributed by atoms with van der Waals surface area (Å²) in [6.07, 6.45) is 2.34. The van der Waals surface area contributed by atoms with Gasteiger partial charge in [0.05, 0.1) is 18.1 Å². The summed E-state index contributed by atoms with van der Waals surface area (Å²) in [7, 11) is -3.90. The zero-order valence-electron chi connectivity index (χ0n) is 17.7. The molecule has 0 aromatic heterocycles. The summed E-state index contributed by atoms with van der Waals surface area (Å²) in [6.45, 7) is 7.41. The molecule has 7 nitrogen and oxygen atoms in total. The number of rotatable bonds is 13. The number of aryl methyl sites for hydroxylation is 1. The Labute approximate surface area is 173 Å². The molecule has 1 aromatic carbocycles. The van der Waals surface area contributed by atoms with Gasteiger partial charge in [0.15, 0.2) is 0 Å². The lowest BCUT2D eigenvalue weighted by Gasteiger charge is -2.24. The molecule has 2 atom stereocenters. The Balaban J connectivity index is 2.72. The molecule has 1 rings (SSSR count). The van der Waals surface area contributed by atoms with E-state index in [1.165, 1.54) is 12.1 Å². The van der Waals surface area contributed by atoms with Gasteiger partial charge in [0.25, 0.3) is 10.1 Å². The van der Waals surface area contributed by atoms with E-state index in [0.29, 0.717) is 6.42 Å². The summed E-state index contributed by atoms with van der Waals surface area (Å²) in [5, 5.41) is 0. The van der Waals surface area contributed by atoms with Gasteiger partial charge in [-0.1, -0.05) is 44.4 Å². The molecule has 0 aliphatic rings. The van der Waals surface area contributed by atoms with Gasteiger partial charge in [-0.15, -0.1) is 0 Å². The highest BCUT2D eigenvalue weighted by Crippen LogP contribution is 2.20. The average molecular weight is 429 g/mol. The molecule has 0 spiro atoms. The van der Waals surface area contributed by atoms with Crippen LogP contribution in [0.5, 0.6) is 0 Å². The molecule has 0 N–H and O–H groups in total. The molecule has 0 radical (unpaired) electrons. The first-order chi connectivity index (χ1) is 13.7. The summed E-state index contributed by atoms with van der Waals surface area (Å²) in [5.74, 6) is -1.69. The van der Waals surface area contributed by atoms with Crippen molar-refractivity contribution in [1.82, 2.24) is 0 Å². The van der Waals surface area contributed by atoms with Crippen LogP contribution in [-0.2, 0) is 33.4 Å². The molecular weight excluding hydrogens is 396 g/mol. The summed E-state index contributed by atoms with van der Waals surface area (Å²) < 4.78 is 40.2. The maximum Gasteiger partial charge on any atom is 0.317 e. The fraction of sp³-hybridized carbons (Fsp3) is 0.619. The van der Waals surface area contributed by atoms with E-state index in [0.717, 1.165) is 24.8 Å². The third kappa shape index (κ3) is 9.41. The fourth-order valence-electron chi connectivity index (χ4n) is 2.67. The van der Waals surface area contributed by atoms with Crippen LogP contribution in [0.25, 0.3) is 0 Å². The van der Waals surface area contributed by atoms with Gasteiger partial charge >= 0.3 is 11.9 Å². The normalized spacial score (nSPS) is 13.5. The van der Waals surface area contributed by atoms with E-state index >= 15 is 0 Å². The molecule has 0 amide bonds. The van der Waals surface area contributed by atoms with Gasteiger partial charge in [-0.2, -0.15) is 8.42 Å². The molecule has 0 saturated heterocycles. The molecule has 0 unspecified atom stereocenters. The van der Waals surface area contributed by atoms with Gasteiger partial charge in [0, 0.05) is 5.92 Å². The average Bonchev–Trinajstić information content (AvgIpc) is 2.66. The predicted molar refractivity (Wildman–Crippen MR) is 109 cm³/mol. The molecule has 0 fully saturated rings. The second kappa shape index (κ2) is 12.6. The third-order valence-electron chi connectivity index (χ3n) is 4.40. The van der Waals surface area contributed by atoms with Crippen molar-refractivity contribution in [3.8, 4) is 0 Å². The number of carbonyl (C=O) groups is 2. The van der Waals surface area contributed by atoms with Crippen LogP contribution in [0.1, 0.15) is 58.4 Å².